The minimum atomic E-state index is -4.40. The van der Waals surface area contributed by atoms with Crippen molar-refractivity contribution in [3.8, 4) is 0 Å². The number of carbonyl (C=O) groups is 1. The fourth-order valence-electron chi connectivity index (χ4n) is 1.83. The molecule has 0 rings (SSSR count). The zero-order valence-electron chi connectivity index (χ0n) is 13.2. The molecule has 0 spiro atoms. The van der Waals surface area contributed by atoms with Gasteiger partial charge in [-0.25, -0.2) is 9.36 Å². The third kappa shape index (κ3) is 10.6. The van der Waals surface area contributed by atoms with E-state index in [2.05, 4.69) is 11.1 Å². The minimum Gasteiger partial charge on any atom is -0.462 e. The summed E-state index contributed by atoms with van der Waals surface area (Å²) in [5.74, 6) is -0.403. The van der Waals surface area contributed by atoms with E-state index in [-0.39, 0.29) is 12.6 Å². The van der Waals surface area contributed by atoms with Gasteiger partial charge < -0.3 is 19.0 Å². The Labute approximate surface area is 126 Å². The van der Waals surface area contributed by atoms with Crippen molar-refractivity contribution in [3.05, 3.63) is 12.2 Å². The lowest BCUT2D eigenvalue weighted by Crippen LogP contribution is -2.45. The molecule has 1 atom stereocenters. The molecule has 0 heterocycles. The first kappa shape index (κ1) is 20.3. The van der Waals surface area contributed by atoms with Crippen LogP contribution in [0, 0.1) is 0 Å². The summed E-state index contributed by atoms with van der Waals surface area (Å²) in [6.07, 6.45) is 1.91. The summed E-state index contributed by atoms with van der Waals surface area (Å²) in [4.78, 5) is 28.5. The molecule has 8 heteroatoms. The van der Waals surface area contributed by atoms with Crippen LogP contribution < -0.4 is 0 Å². The summed E-state index contributed by atoms with van der Waals surface area (Å²) >= 11 is 0. The van der Waals surface area contributed by atoms with E-state index >= 15 is 0 Å². The average Bonchev–Trinajstić information content (AvgIpc) is 2.28. The first-order chi connectivity index (χ1) is 9.43. The molecule has 0 bridgehead atoms. The van der Waals surface area contributed by atoms with Crippen molar-refractivity contribution in [2.45, 2.75) is 32.2 Å². The van der Waals surface area contributed by atoms with Gasteiger partial charge in [0.05, 0.1) is 40.4 Å². The Hall–Kier alpha value is -0.720. The first-order valence-electron chi connectivity index (χ1n) is 6.77. The minimum absolute atomic E-state index is 0.00628. The lowest BCUT2D eigenvalue weighted by Gasteiger charge is -2.34. The van der Waals surface area contributed by atoms with Gasteiger partial charge in [0, 0.05) is 18.4 Å². The summed E-state index contributed by atoms with van der Waals surface area (Å²) in [6, 6.07) is 0.197. The van der Waals surface area contributed by atoms with Gasteiger partial charge in [0.25, 0.3) is 0 Å². The fourth-order valence-corrected chi connectivity index (χ4v) is 2.20. The van der Waals surface area contributed by atoms with E-state index in [1.54, 1.807) is 6.92 Å². The van der Waals surface area contributed by atoms with Crippen molar-refractivity contribution in [2.24, 2.45) is 0 Å². The predicted octanol–water partition coefficient (Wildman–Crippen LogP) is 1.46. The van der Waals surface area contributed by atoms with E-state index in [4.69, 9.17) is 14.5 Å². The molecular formula is C13H27NO6P+. The Morgan fingerprint density at radius 3 is 2.24 bits per heavy atom. The van der Waals surface area contributed by atoms with E-state index in [1.165, 1.54) is 0 Å². The van der Waals surface area contributed by atoms with Crippen molar-refractivity contribution < 1.29 is 32.9 Å². The van der Waals surface area contributed by atoms with Gasteiger partial charge in [-0.1, -0.05) is 6.58 Å². The van der Waals surface area contributed by atoms with Crippen LogP contribution in [0.15, 0.2) is 12.2 Å². The number of quaternary nitrogens is 1. The highest BCUT2D eigenvalue weighted by molar-refractivity contribution is 7.46. The van der Waals surface area contributed by atoms with Crippen molar-refractivity contribution >= 4 is 13.8 Å². The Bertz CT molecular complexity index is 398. The molecule has 2 N–H and O–H groups in total. The number of phosphoric ester groups is 1. The van der Waals surface area contributed by atoms with Gasteiger partial charge in [0.2, 0.25) is 0 Å². The van der Waals surface area contributed by atoms with E-state index in [0.29, 0.717) is 35.9 Å². The van der Waals surface area contributed by atoms with Crippen LogP contribution in [-0.4, -0.2) is 60.6 Å². The lowest BCUT2D eigenvalue weighted by molar-refractivity contribution is -0.896. The summed E-state index contributed by atoms with van der Waals surface area (Å²) in [6.45, 7) is 5.42. The maximum Gasteiger partial charge on any atom is 0.469 e. The van der Waals surface area contributed by atoms with Crippen molar-refractivity contribution in [1.29, 1.82) is 0 Å². The highest BCUT2D eigenvalue weighted by Gasteiger charge is 2.24. The van der Waals surface area contributed by atoms with Crippen LogP contribution in [0.4, 0.5) is 0 Å². The number of nitrogens with zero attached hydrogens (tertiary/aromatic N) is 1. The van der Waals surface area contributed by atoms with Crippen molar-refractivity contribution in [1.82, 2.24) is 0 Å². The number of esters is 1. The largest absolute Gasteiger partial charge is 0.469 e. The highest BCUT2D eigenvalue weighted by atomic mass is 31.2. The van der Waals surface area contributed by atoms with Crippen LogP contribution in [0.1, 0.15) is 26.2 Å². The second-order valence-electron chi connectivity index (χ2n) is 5.94. The van der Waals surface area contributed by atoms with E-state index in [1.807, 2.05) is 21.1 Å². The van der Waals surface area contributed by atoms with E-state index in [0.717, 1.165) is 0 Å². The number of hydrogen-bond donors (Lipinski definition) is 2. The monoisotopic (exact) mass is 324 g/mol. The van der Waals surface area contributed by atoms with Gasteiger partial charge in [-0.2, -0.15) is 0 Å². The molecule has 21 heavy (non-hydrogen) atoms. The molecular weight excluding hydrogens is 297 g/mol. The van der Waals surface area contributed by atoms with Crippen molar-refractivity contribution in [2.75, 3.05) is 34.4 Å². The third-order valence-electron chi connectivity index (χ3n) is 3.07. The normalized spacial score (nSPS) is 13.8. The molecule has 0 saturated carbocycles. The maximum absolute atomic E-state index is 11.3. The van der Waals surface area contributed by atoms with Crippen LogP contribution in [-0.2, 0) is 18.6 Å². The third-order valence-corrected chi connectivity index (χ3v) is 3.59. The van der Waals surface area contributed by atoms with Crippen LogP contribution in [0.25, 0.3) is 0 Å². The van der Waals surface area contributed by atoms with Crippen LogP contribution in [0.2, 0.25) is 0 Å². The van der Waals surface area contributed by atoms with Gasteiger partial charge in [-0.05, 0) is 13.3 Å². The fraction of sp³-hybridized carbons (Fsp3) is 0.769. The van der Waals surface area contributed by atoms with Gasteiger partial charge in [0.15, 0.2) is 0 Å². The summed E-state index contributed by atoms with van der Waals surface area (Å²) in [7, 11) is 1.67. The molecule has 124 valence electrons. The number of hydrogen-bond acceptors (Lipinski definition) is 4. The maximum atomic E-state index is 11.3. The Morgan fingerprint density at radius 1 is 1.24 bits per heavy atom. The van der Waals surface area contributed by atoms with Crippen molar-refractivity contribution in [3.63, 3.8) is 0 Å². The molecule has 0 aromatic carbocycles. The van der Waals surface area contributed by atoms with Crippen LogP contribution in [0.3, 0.4) is 0 Å². The topological polar surface area (TPSA) is 93.1 Å². The molecule has 0 amide bonds. The highest BCUT2D eigenvalue weighted by Crippen LogP contribution is 2.35. The van der Waals surface area contributed by atoms with Gasteiger partial charge in [-0.15, -0.1) is 0 Å². The number of carbonyl (C=O) groups excluding carboxylic acids is 1. The van der Waals surface area contributed by atoms with Crippen LogP contribution >= 0.6 is 7.82 Å². The molecule has 0 saturated heterocycles. The van der Waals surface area contributed by atoms with E-state index in [9.17, 15) is 9.36 Å². The Balaban J connectivity index is 4.20. The summed E-state index contributed by atoms with van der Waals surface area (Å²) in [5, 5.41) is 0. The predicted molar refractivity (Wildman–Crippen MR) is 79.4 cm³/mol. The molecule has 0 radical (unpaired) electrons. The lowest BCUT2D eigenvalue weighted by atomic mass is 10.1. The molecule has 0 aromatic rings. The summed E-state index contributed by atoms with van der Waals surface area (Å²) < 4.78 is 20.8. The quantitative estimate of drug-likeness (QED) is 0.208. The Kier molecular flexibility index (Phi) is 8.36. The molecule has 0 fully saturated rings. The Morgan fingerprint density at radius 2 is 1.81 bits per heavy atom. The smallest absolute Gasteiger partial charge is 0.462 e. The van der Waals surface area contributed by atoms with Gasteiger partial charge in [-0.3, -0.25) is 4.52 Å². The standard InChI is InChI=1S/C13H26NO6P/c1-11(2)13(15)19-10-8-12(14(3,4)5)7-6-9-20-21(16,17)18/h12H,1,6-10H2,2-5H3,(H-,16,17,18)/p+1. The molecule has 1 unspecified atom stereocenters. The second-order valence-corrected chi connectivity index (χ2v) is 7.18. The van der Waals surface area contributed by atoms with Crippen LogP contribution in [0.5, 0.6) is 0 Å². The SMILES string of the molecule is C=C(C)C(=O)OCCC(CCCOP(=O)(O)O)[N+](C)(C)C. The molecule has 0 aliphatic rings. The zero-order valence-corrected chi connectivity index (χ0v) is 14.1. The zero-order chi connectivity index (χ0) is 16.7. The molecule has 0 aliphatic heterocycles. The molecule has 0 aliphatic carbocycles. The van der Waals surface area contributed by atoms with Gasteiger partial charge >= 0.3 is 13.8 Å². The first-order valence-corrected chi connectivity index (χ1v) is 8.30. The number of ether oxygens (including phenoxy) is 1. The van der Waals surface area contributed by atoms with E-state index < -0.39 is 13.8 Å². The van der Waals surface area contributed by atoms with Gasteiger partial charge in [0.1, 0.15) is 0 Å². The molecule has 0 aromatic heterocycles. The number of phosphoric acid groups is 1. The molecule has 7 nitrogen and oxygen atoms in total. The number of rotatable bonds is 10. The second kappa shape index (κ2) is 8.66. The summed E-state index contributed by atoms with van der Waals surface area (Å²) in [5.41, 5.74) is 0.367. The average molecular weight is 324 g/mol.